The molecule has 0 spiro atoms. The molecule has 2 atom stereocenters. The van der Waals surface area contributed by atoms with Crippen molar-refractivity contribution in [3.05, 3.63) is 0 Å². The summed E-state index contributed by atoms with van der Waals surface area (Å²) in [5.74, 6) is 0. The monoisotopic (exact) mass is 226 g/mol. The van der Waals surface area contributed by atoms with Crippen molar-refractivity contribution in [2.75, 3.05) is 0 Å². The predicted molar refractivity (Wildman–Crippen MR) is 58.6 cm³/mol. The number of rotatable bonds is 2. The van der Waals surface area contributed by atoms with Crippen molar-refractivity contribution in [1.82, 2.24) is 20.4 Å². The van der Waals surface area contributed by atoms with Gasteiger partial charge in [-0.05, 0) is 27.7 Å². The Hall–Kier alpha value is -1.46. The highest BCUT2D eigenvalue weighted by Crippen LogP contribution is 2.26. The second kappa shape index (κ2) is 3.54. The van der Waals surface area contributed by atoms with Gasteiger partial charge in [0.2, 0.25) is 0 Å². The molecule has 0 saturated carbocycles. The van der Waals surface area contributed by atoms with Crippen LogP contribution in [0.2, 0.25) is 0 Å². The highest BCUT2D eigenvalue weighted by atomic mass is 16.2. The van der Waals surface area contributed by atoms with Crippen LogP contribution in [0, 0.1) is 0 Å². The summed E-state index contributed by atoms with van der Waals surface area (Å²) >= 11 is 0. The topological polar surface area (TPSA) is 64.7 Å². The molecule has 4 amide bonds. The fourth-order valence-electron chi connectivity index (χ4n) is 2.37. The van der Waals surface area contributed by atoms with Crippen molar-refractivity contribution < 1.29 is 9.59 Å². The molecule has 2 rings (SSSR count). The lowest BCUT2D eigenvalue weighted by Gasteiger charge is -2.27. The van der Waals surface area contributed by atoms with Crippen molar-refractivity contribution in [1.29, 1.82) is 0 Å². The van der Waals surface area contributed by atoms with Crippen LogP contribution in [0.15, 0.2) is 0 Å². The first-order valence-electron chi connectivity index (χ1n) is 5.61. The zero-order chi connectivity index (χ0) is 12.0. The van der Waals surface area contributed by atoms with E-state index < -0.39 is 0 Å². The molecule has 2 N–H and O–H groups in total. The Bertz CT molecular complexity index is 301. The SMILES string of the molecule is CC(C)N1C(=O)N(C(C)C)C2NC(=O)NC21. The lowest BCUT2D eigenvalue weighted by atomic mass is 10.3. The van der Waals surface area contributed by atoms with Gasteiger partial charge in [-0.3, -0.25) is 9.80 Å². The first kappa shape index (κ1) is 11.0. The standard InChI is InChI=1S/C10H18N4O2/c1-5(2)13-7-8(12-9(15)11-7)14(6(3)4)10(13)16/h5-8H,1-4H3,(H2,11,12,15). The maximum Gasteiger partial charge on any atom is 0.324 e. The molecular formula is C10H18N4O2. The van der Waals surface area contributed by atoms with Crippen molar-refractivity contribution in [3.8, 4) is 0 Å². The molecule has 6 nitrogen and oxygen atoms in total. The number of fused-ring (bicyclic) bond motifs is 1. The van der Waals surface area contributed by atoms with E-state index in [1.807, 2.05) is 27.7 Å². The first-order valence-corrected chi connectivity index (χ1v) is 5.61. The van der Waals surface area contributed by atoms with E-state index in [4.69, 9.17) is 0 Å². The quantitative estimate of drug-likeness (QED) is 0.720. The normalized spacial score (nSPS) is 28.9. The van der Waals surface area contributed by atoms with E-state index in [9.17, 15) is 9.59 Å². The van der Waals surface area contributed by atoms with Crippen molar-refractivity contribution in [2.45, 2.75) is 52.1 Å². The van der Waals surface area contributed by atoms with E-state index in [-0.39, 0.29) is 36.5 Å². The number of amides is 4. The molecule has 2 saturated heterocycles. The molecule has 2 fully saturated rings. The van der Waals surface area contributed by atoms with Gasteiger partial charge in [-0.25, -0.2) is 9.59 Å². The zero-order valence-electron chi connectivity index (χ0n) is 10.0. The van der Waals surface area contributed by atoms with Crippen LogP contribution in [-0.4, -0.2) is 46.3 Å². The number of nitrogens with one attached hydrogen (secondary N) is 2. The Morgan fingerprint density at radius 3 is 1.62 bits per heavy atom. The van der Waals surface area contributed by atoms with E-state index in [0.717, 1.165) is 0 Å². The Kier molecular flexibility index (Phi) is 2.44. The molecule has 0 aromatic heterocycles. The largest absolute Gasteiger partial charge is 0.324 e. The van der Waals surface area contributed by atoms with Gasteiger partial charge >= 0.3 is 12.1 Å². The van der Waals surface area contributed by atoms with E-state index in [1.165, 1.54) is 0 Å². The Labute approximate surface area is 95.0 Å². The van der Waals surface area contributed by atoms with Gasteiger partial charge in [0.05, 0.1) is 0 Å². The molecule has 90 valence electrons. The van der Waals surface area contributed by atoms with Crippen LogP contribution in [-0.2, 0) is 0 Å². The van der Waals surface area contributed by atoms with Gasteiger partial charge in [-0.15, -0.1) is 0 Å². The molecule has 0 aromatic rings. The molecule has 2 aliphatic heterocycles. The summed E-state index contributed by atoms with van der Waals surface area (Å²) in [5, 5.41) is 5.55. The second-order valence-electron chi connectivity index (χ2n) is 4.79. The molecule has 0 bridgehead atoms. The van der Waals surface area contributed by atoms with Gasteiger partial charge in [0, 0.05) is 12.1 Å². The Morgan fingerprint density at radius 1 is 0.938 bits per heavy atom. The summed E-state index contributed by atoms with van der Waals surface area (Å²) in [5.41, 5.74) is 0. The predicted octanol–water partition coefficient (Wildman–Crippen LogP) is 0.506. The summed E-state index contributed by atoms with van der Waals surface area (Å²) in [6.45, 7) is 7.79. The summed E-state index contributed by atoms with van der Waals surface area (Å²) in [6, 6.07) is -0.0841. The van der Waals surface area contributed by atoms with Crippen LogP contribution in [0.1, 0.15) is 27.7 Å². The van der Waals surface area contributed by atoms with Crippen molar-refractivity contribution in [2.24, 2.45) is 0 Å². The maximum atomic E-state index is 12.2. The Morgan fingerprint density at radius 2 is 1.31 bits per heavy atom. The maximum absolute atomic E-state index is 12.2. The summed E-state index contributed by atoms with van der Waals surface area (Å²) in [6.07, 6.45) is -0.496. The zero-order valence-corrected chi connectivity index (χ0v) is 10.0. The van der Waals surface area contributed by atoms with Crippen LogP contribution in [0.25, 0.3) is 0 Å². The molecule has 0 radical (unpaired) electrons. The molecule has 16 heavy (non-hydrogen) atoms. The number of hydrogen-bond donors (Lipinski definition) is 2. The number of nitrogens with zero attached hydrogens (tertiary/aromatic N) is 2. The number of carbonyl (C=O) groups is 2. The van der Waals surface area contributed by atoms with Crippen LogP contribution >= 0.6 is 0 Å². The fraction of sp³-hybridized carbons (Fsp3) is 0.800. The molecule has 2 unspecified atom stereocenters. The molecule has 0 aliphatic carbocycles. The number of carbonyl (C=O) groups excluding carboxylic acids is 2. The fourth-order valence-corrected chi connectivity index (χ4v) is 2.37. The molecule has 6 heteroatoms. The lowest BCUT2D eigenvalue weighted by Crippen LogP contribution is -2.47. The highest BCUT2D eigenvalue weighted by Gasteiger charge is 2.52. The van der Waals surface area contributed by atoms with Gasteiger partial charge < -0.3 is 10.6 Å². The lowest BCUT2D eigenvalue weighted by molar-refractivity contribution is 0.159. The van der Waals surface area contributed by atoms with Crippen LogP contribution in [0.3, 0.4) is 0 Å². The molecule has 2 aliphatic rings. The van der Waals surface area contributed by atoms with Crippen molar-refractivity contribution in [3.63, 3.8) is 0 Å². The smallest absolute Gasteiger partial charge is 0.314 e. The molecule has 2 heterocycles. The van der Waals surface area contributed by atoms with Crippen molar-refractivity contribution >= 4 is 12.1 Å². The average Bonchev–Trinajstić information content (AvgIpc) is 2.56. The van der Waals surface area contributed by atoms with Crippen LogP contribution in [0.5, 0.6) is 0 Å². The number of hydrogen-bond acceptors (Lipinski definition) is 2. The highest BCUT2D eigenvalue weighted by molar-refractivity contribution is 5.85. The molecular weight excluding hydrogens is 208 g/mol. The van der Waals surface area contributed by atoms with E-state index in [0.29, 0.717) is 0 Å². The summed E-state index contributed by atoms with van der Waals surface area (Å²) < 4.78 is 0. The van der Waals surface area contributed by atoms with Gasteiger partial charge in [-0.2, -0.15) is 0 Å². The summed E-state index contributed by atoms with van der Waals surface area (Å²) in [7, 11) is 0. The number of urea groups is 2. The Balaban J connectivity index is 2.31. The minimum absolute atomic E-state index is 0.0208. The van der Waals surface area contributed by atoms with E-state index in [2.05, 4.69) is 10.6 Å². The third-order valence-corrected chi connectivity index (χ3v) is 3.01. The molecule has 0 aromatic carbocycles. The van der Waals surface area contributed by atoms with E-state index >= 15 is 0 Å². The summed E-state index contributed by atoms with van der Waals surface area (Å²) in [4.78, 5) is 26.9. The third kappa shape index (κ3) is 1.40. The second-order valence-corrected chi connectivity index (χ2v) is 4.79. The van der Waals surface area contributed by atoms with E-state index in [1.54, 1.807) is 9.80 Å². The van der Waals surface area contributed by atoms with Crippen LogP contribution < -0.4 is 10.6 Å². The van der Waals surface area contributed by atoms with Crippen LogP contribution in [0.4, 0.5) is 9.59 Å². The minimum atomic E-state index is -0.248. The van der Waals surface area contributed by atoms with Gasteiger partial charge in [0.25, 0.3) is 0 Å². The average molecular weight is 226 g/mol. The van der Waals surface area contributed by atoms with Gasteiger partial charge in [0.15, 0.2) is 0 Å². The third-order valence-electron chi connectivity index (χ3n) is 3.01. The minimum Gasteiger partial charge on any atom is -0.314 e. The van der Waals surface area contributed by atoms with Gasteiger partial charge in [-0.1, -0.05) is 0 Å². The first-order chi connectivity index (χ1) is 7.43. The van der Waals surface area contributed by atoms with Gasteiger partial charge in [0.1, 0.15) is 12.3 Å².